The molecular formula is C23H20N2O4. The maximum Gasteiger partial charge on any atom is 0.268 e. The van der Waals surface area contributed by atoms with Gasteiger partial charge in [-0.25, -0.2) is 0 Å². The largest absolute Gasteiger partial charge is 0.495 e. The summed E-state index contributed by atoms with van der Waals surface area (Å²) < 4.78 is 11.4. The van der Waals surface area contributed by atoms with Gasteiger partial charge in [-0.2, -0.15) is 0 Å². The highest BCUT2D eigenvalue weighted by molar-refractivity contribution is 6.08. The number of methoxy groups -OCH3 is 1. The summed E-state index contributed by atoms with van der Waals surface area (Å²) in [5.74, 6) is 0.196. The van der Waals surface area contributed by atoms with Crippen LogP contribution in [0.25, 0.3) is 21.9 Å². The molecule has 0 spiro atoms. The SMILES string of the molecule is COc1cc2c(cc1NC(=O)[C@H](C)O/N=C\c1ccccc1)oc1ccccc12. The lowest BCUT2D eigenvalue weighted by molar-refractivity contribution is -0.126. The van der Waals surface area contributed by atoms with Gasteiger partial charge in [0.05, 0.1) is 19.0 Å². The van der Waals surface area contributed by atoms with Gasteiger partial charge in [-0.05, 0) is 24.6 Å². The van der Waals surface area contributed by atoms with Gasteiger partial charge in [0.2, 0.25) is 6.10 Å². The average Bonchev–Trinajstić information content (AvgIpc) is 3.11. The van der Waals surface area contributed by atoms with Gasteiger partial charge in [-0.15, -0.1) is 0 Å². The number of ether oxygens (including phenoxy) is 1. The normalized spacial score (nSPS) is 12.3. The second-order valence-electron chi connectivity index (χ2n) is 6.53. The molecule has 0 fully saturated rings. The number of hydrogen-bond donors (Lipinski definition) is 1. The number of para-hydroxylation sites is 1. The number of benzene rings is 3. The summed E-state index contributed by atoms with van der Waals surface area (Å²) in [5, 5.41) is 8.63. The van der Waals surface area contributed by atoms with Crippen molar-refractivity contribution in [1.82, 2.24) is 0 Å². The number of fused-ring (bicyclic) bond motifs is 3. The zero-order chi connectivity index (χ0) is 20.2. The molecule has 0 unspecified atom stereocenters. The molecule has 4 aromatic rings. The van der Waals surface area contributed by atoms with E-state index in [0.29, 0.717) is 17.0 Å². The monoisotopic (exact) mass is 388 g/mol. The van der Waals surface area contributed by atoms with E-state index in [1.54, 1.807) is 26.3 Å². The predicted molar refractivity (Wildman–Crippen MR) is 113 cm³/mol. The molecule has 1 N–H and O–H groups in total. The number of nitrogens with zero attached hydrogens (tertiary/aromatic N) is 1. The van der Waals surface area contributed by atoms with Crippen LogP contribution < -0.4 is 10.1 Å². The minimum atomic E-state index is -0.786. The topological polar surface area (TPSA) is 73.1 Å². The number of amides is 1. The fraction of sp³-hybridized carbons (Fsp3) is 0.130. The number of anilines is 1. The highest BCUT2D eigenvalue weighted by Gasteiger charge is 2.18. The third-order valence-corrected chi connectivity index (χ3v) is 4.55. The predicted octanol–water partition coefficient (Wildman–Crippen LogP) is 4.97. The third-order valence-electron chi connectivity index (χ3n) is 4.55. The molecule has 146 valence electrons. The Balaban J connectivity index is 1.52. The van der Waals surface area contributed by atoms with Gasteiger partial charge in [-0.3, -0.25) is 4.79 Å². The fourth-order valence-electron chi connectivity index (χ4n) is 3.02. The van der Waals surface area contributed by atoms with Gasteiger partial charge in [0, 0.05) is 16.8 Å². The summed E-state index contributed by atoms with van der Waals surface area (Å²) in [6.45, 7) is 1.63. The first-order valence-electron chi connectivity index (χ1n) is 9.20. The molecule has 0 saturated carbocycles. The van der Waals surface area contributed by atoms with Crippen LogP contribution in [0.3, 0.4) is 0 Å². The summed E-state index contributed by atoms with van der Waals surface area (Å²) >= 11 is 0. The molecule has 6 nitrogen and oxygen atoms in total. The van der Waals surface area contributed by atoms with Gasteiger partial charge in [0.15, 0.2) is 0 Å². The lowest BCUT2D eigenvalue weighted by atomic mass is 10.1. The molecule has 1 amide bonds. The van der Waals surface area contributed by atoms with Crippen molar-refractivity contribution in [2.24, 2.45) is 5.16 Å². The standard InChI is InChI=1S/C23H20N2O4/c1-15(29-24-14-16-8-4-3-5-9-16)23(26)25-19-13-21-18(12-22(19)27-2)17-10-6-7-11-20(17)28-21/h3-15H,1-2H3,(H,25,26)/b24-14-/t15-/m0/s1. The first-order valence-corrected chi connectivity index (χ1v) is 9.20. The number of oxime groups is 1. The summed E-state index contributed by atoms with van der Waals surface area (Å²) in [5.41, 5.74) is 2.83. The highest BCUT2D eigenvalue weighted by atomic mass is 16.6. The second kappa shape index (κ2) is 8.06. The number of rotatable bonds is 6. The van der Waals surface area contributed by atoms with E-state index in [9.17, 15) is 4.79 Å². The molecule has 29 heavy (non-hydrogen) atoms. The van der Waals surface area contributed by atoms with Crippen LogP contribution >= 0.6 is 0 Å². The number of carbonyl (C=O) groups excluding carboxylic acids is 1. The molecule has 1 heterocycles. The van der Waals surface area contributed by atoms with Crippen molar-refractivity contribution in [3.05, 3.63) is 72.3 Å². The van der Waals surface area contributed by atoms with E-state index in [-0.39, 0.29) is 5.91 Å². The van der Waals surface area contributed by atoms with Crippen LogP contribution in [0.5, 0.6) is 5.75 Å². The molecule has 0 aliphatic heterocycles. The van der Waals surface area contributed by atoms with Gasteiger partial charge in [-0.1, -0.05) is 53.7 Å². The summed E-state index contributed by atoms with van der Waals surface area (Å²) in [7, 11) is 1.56. The van der Waals surface area contributed by atoms with Gasteiger partial charge < -0.3 is 19.3 Å². The van der Waals surface area contributed by atoms with Crippen molar-refractivity contribution in [1.29, 1.82) is 0 Å². The first kappa shape index (κ1) is 18.6. The third kappa shape index (κ3) is 3.91. The van der Waals surface area contributed by atoms with Crippen LogP contribution in [0.4, 0.5) is 5.69 Å². The Hall–Kier alpha value is -3.80. The van der Waals surface area contributed by atoms with Gasteiger partial charge in [0.25, 0.3) is 5.91 Å². The molecule has 1 atom stereocenters. The van der Waals surface area contributed by atoms with Crippen LogP contribution in [0.15, 0.2) is 76.3 Å². The van der Waals surface area contributed by atoms with Crippen LogP contribution in [-0.2, 0) is 9.63 Å². The van der Waals surface area contributed by atoms with Crippen molar-refractivity contribution < 1.29 is 18.8 Å². The smallest absolute Gasteiger partial charge is 0.268 e. The number of furan rings is 1. The van der Waals surface area contributed by atoms with Crippen molar-refractivity contribution in [2.45, 2.75) is 13.0 Å². The molecule has 0 bridgehead atoms. The quantitative estimate of drug-likeness (QED) is 0.374. The van der Waals surface area contributed by atoms with Crippen molar-refractivity contribution in [2.75, 3.05) is 12.4 Å². The molecular weight excluding hydrogens is 368 g/mol. The second-order valence-corrected chi connectivity index (χ2v) is 6.53. The van der Waals surface area contributed by atoms with Crippen molar-refractivity contribution >= 4 is 39.7 Å². The Morgan fingerprint density at radius 1 is 1.03 bits per heavy atom. The van der Waals surface area contributed by atoms with Gasteiger partial charge >= 0.3 is 0 Å². The van der Waals surface area contributed by atoms with E-state index in [0.717, 1.165) is 21.9 Å². The van der Waals surface area contributed by atoms with Crippen LogP contribution in [0, 0.1) is 0 Å². The molecule has 0 saturated heterocycles. The number of nitrogens with one attached hydrogen (secondary N) is 1. The van der Waals surface area contributed by atoms with Crippen molar-refractivity contribution in [3.63, 3.8) is 0 Å². The minimum Gasteiger partial charge on any atom is -0.495 e. The molecule has 6 heteroatoms. The first-order chi connectivity index (χ1) is 14.2. The summed E-state index contributed by atoms with van der Waals surface area (Å²) in [6.07, 6.45) is 0.774. The molecule has 1 aromatic heterocycles. The fourth-order valence-corrected chi connectivity index (χ4v) is 3.02. The average molecular weight is 388 g/mol. The zero-order valence-corrected chi connectivity index (χ0v) is 16.1. The zero-order valence-electron chi connectivity index (χ0n) is 16.1. The van der Waals surface area contributed by atoms with Crippen LogP contribution in [0.2, 0.25) is 0 Å². The van der Waals surface area contributed by atoms with Crippen LogP contribution in [-0.4, -0.2) is 25.3 Å². The van der Waals surface area contributed by atoms with E-state index < -0.39 is 6.10 Å². The lowest BCUT2D eigenvalue weighted by Crippen LogP contribution is -2.26. The Morgan fingerprint density at radius 2 is 1.79 bits per heavy atom. The molecule has 4 rings (SSSR count). The maximum absolute atomic E-state index is 12.5. The van der Waals surface area contributed by atoms with E-state index in [1.807, 2.05) is 60.7 Å². The maximum atomic E-state index is 12.5. The van der Waals surface area contributed by atoms with E-state index in [2.05, 4.69) is 10.5 Å². The minimum absolute atomic E-state index is 0.344. The van der Waals surface area contributed by atoms with Crippen LogP contribution in [0.1, 0.15) is 12.5 Å². The Labute approximate surface area is 167 Å². The van der Waals surface area contributed by atoms with Gasteiger partial charge in [0.1, 0.15) is 16.9 Å². The van der Waals surface area contributed by atoms with E-state index >= 15 is 0 Å². The Kier molecular flexibility index (Phi) is 5.16. The molecule has 0 aliphatic rings. The molecule has 3 aromatic carbocycles. The van der Waals surface area contributed by atoms with E-state index in [1.165, 1.54) is 0 Å². The molecule has 0 radical (unpaired) electrons. The summed E-state index contributed by atoms with van der Waals surface area (Å²) in [4.78, 5) is 17.8. The van der Waals surface area contributed by atoms with Crippen molar-refractivity contribution in [3.8, 4) is 5.75 Å². The Morgan fingerprint density at radius 3 is 2.59 bits per heavy atom. The summed E-state index contributed by atoms with van der Waals surface area (Å²) in [6, 6.07) is 20.9. The number of carbonyl (C=O) groups is 1. The van der Waals surface area contributed by atoms with E-state index in [4.69, 9.17) is 14.0 Å². The number of hydrogen-bond acceptors (Lipinski definition) is 5. The Bertz CT molecular complexity index is 1180. The lowest BCUT2D eigenvalue weighted by Gasteiger charge is -2.13. The molecule has 0 aliphatic carbocycles. The highest BCUT2D eigenvalue weighted by Crippen LogP contribution is 2.36.